The summed E-state index contributed by atoms with van der Waals surface area (Å²) in [5.74, 6) is -0.335. The molecule has 9 heteroatoms. The van der Waals surface area contributed by atoms with Gasteiger partial charge in [-0.1, -0.05) is 0 Å². The number of aromatic nitrogens is 1. The van der Waals surface area contributed by atoms with Crippen LogP contribution in [0, 0.1) is 0 Å². The standard InChI is InChI=1S/C12H10BrClN2O3S2/c1-7(10-4-5-11(20-10)21(14,18)19)16-12(17)9-3-2-8(13)6-15-9/h2-7H,1H3,(H,16,17). The van der Waals surface area contributed by atoms with E-state index in [9.17, 15) is 13.2 Å². The van der Waals surface area contributed by atoms with Crippen LogP contribution in [0.15, 0.2) is 39.1 Å². The third kappa shape index (κ3) is 4.26. The summed E-state index contributed by atoms with van der Waals surface area (Å²) >= 11 is 4.27. The van der Waals surface area contributed by atoms with Gasteiger partial charge in [-0.25, -0.2) is 13.4 Å². The number of carbonyl (C=O) groups is 1. The number of pyridine rings is 1. The van der Waals surface area contributed by atoms with Crippen LogP contribution in [0.25, 0.3) is 0 Å². The predicted octanol–water partition coefficient (Wildman–Crippen LogP) is 3.32. The number of carbonyl (C=O) groups excluding carboxylic acids is 1. The molecule has 1 N–H and O–H groups in total. The first-order chi connectivity index (χ1) is 9.77. The van der Waals surface area contributed by atoms with Crippen molar-refractivity contribution in [1.82, 2.24) is 10.3 Å². The maximum absolute atomic E-state index is 12.0. The summed E-state index contributed by atoms with van der Waals surface area (Å²) in [4.78, 5) is 16.7. The van der Waals surface area contributed by atoms with Crippen molar-refractivity contribution in [2.75, 3.05) is 0 Å². The van der Waals surface area contributed by atoms with Crippen molar-refractivity contribution >= 4 is 52.9 Å². The second-order valence-electron chi connectivity index (χ2n) is 4.15. The number of nitrogens with zero attached hydrogens (tertiary/aromatic N) is 1. The minimum Gasteiger partial charge on any atom is -0.343 e. The van der Waals surface area contributed by atoms with E-state index in [0.29, 0.717) is 4.88 Å². The lowest BCUT2D eigenvalue weighted by Gasteiger charge is -2.11. The van der Waals surface area contributed by atoms with Crippen molar-refractivity contribution in [3.8, 4) is 0 Å². The number of amides is 1. The van der Waals surface area contributed by atoms with E-state index in [4.69, 9.17) is 10.7 Å². The molecule has 0 aliphatic rings. The highest BCUT2D eigenvalue weighted by atomic mass is 79.9. The molecule has 2 heterocycles. The van der Waals surface area contributed by atoms with Crippen LogP contribution in [-0.4, -0.2) is 19.3 Å². The van der Waals surface area contributed by atoms with Crippen LogP contribution in [0.3, 0.4) is 0 Å². The molecular weight excluding hydrogens is 400 g/mol. The SMILES string of the molecule is CC(NC(=O)c1ccc(Br)cn1)c1ccc(S(=O)(=O)Cl)s1. The molecule has 2 aromatic rings. The van der Waals surface area contributed by atoms with E-state index in [-0.39, 0.29) is 21.9 Å². The first kappa shape index (κ1) is 16.4. The molecule has 2 aromatic heterocycles. The van der Waals surface area contributed by atoms with Gasteiger partial charge >= 0.3 is 0 Å². The lowest BCUT2D eigenvalue weighted by molar-refractivity contribution is 0.0935. The van der Waals surface area contributed by atoms with Gasteiger partial charge in [0.25, 0.3) is 15.0 Å². The van der Waals surface area contributed by atoms with Crippen molar-refractivity contribution in [2.45, 2.75) is 17.2 Å². The summed E-state index contributed by atoms with van der Waals surface area (Å²) < 4.78 is 23.3. The topological polar surface area (TPSA) is 76.1 Å². The monoisotopic (exact) mass is 408 g/mol. The molecule has 0 spiro atoms. The second kappa shape index (κ2) is 6.43. The summed E-state index contributed by atoms with van der Waals surface area (Å²) in [5, 5.41) is 2.75. The minimum absolute atomic E-state index is 0.0574. The molecule has 112 valence electrons. The van der Waals surface area contributed by atoms with Crippen LogP contribution in [0.1, 0.15) is 28.3 Å². The summed E-state index contributed by atoms with van der Waals surface area (Å²) in [6.07, 6.45) is 1.53. The van der Waals surface area contributed by atoms with Gasteiger partial charge in [0.15, 0.2) is 0 Å². The zero-order valence-electron chi connectivity index (χ0n) is 10.7. The number of nitrogens with one attached hydrogen (secondary N) is 1. The van der Waals surface area contributed by atoms with Gasteiger partial charge in [-0.3, -0.25) is 4.79 Å². The van der Waals surface area contributed by atoms with Crippen LogP contribution in [-0.2, 0) is 9.05 Å². The average molecular weight is 410 g/mol. The molecule has 2 rings (SSSR count). The fraction of sp³-hybridized carbons (Fsp3) is 0.167. The Morgan fingerprint density at radius 1 is 1.38 bits per heavy atom. The van der Waals surface area contributed by atoms with Gasteiger partial charge in [-0.05, 0) is 47.1 Å². The largest absolute Gasteiger partial charge is 0.343 e. The highest BCUT2D eigenvalue weighted by Crippen LogP contribution is 2.28. The molecule has 21 heavy (non-hydrogen) atoms. The normalized spacial score (nSPS) is 12.9. The quantitative estimate of drug-likeness (QED) is 0.786. The Hall–Kier alpha value is -0.960. The Balaban J connectivity index is 2.11. The molecule has 0 aromatic carbocycles. The molecule has 0 bridgehead atoms. The zero-order chi connectivity index (χ0) is 15.6. The van der Waals surface area contributed by atoms with E-state index >= 15 is 0 Å². The van der Waals surface area contributed by atoms with Crippen molar-refractivity contribution in [2.24, 2.45) is 0 Å². The molecule has 0 radical (unpaired) electrons. The van der Waals surface area contributed by atoms with Gasteiger partial charge in [0.05, 0.1) is 6.04 Å². The fourth-order valence-corrected chi connectivity index (χ4v) is 3.88. The van der Waals surface area contributed by atoms with E-state index < -0.39 is 9.05 Å². The number of thiophene rings is 1. The van der Waals surface area contributed by atoms with Gasteiger partial charge in [-0.2, -0.15) is 0 Å². The molecule has 5 nitrogen and oxygen atoms in total. The lowest BCUT2D eigenvalue weighted by atomic mass is 10.2. The van der Waals surface area contributed by atoms with Crippen molar-refractivity contribution in [1.29, 1.82) is 0 Å². The minimum atomic E-state index is -3.74. The first-order valence-corrected chi connectivity index (χ1v) is 9.66. The van der Waals surface area contributed by atoms with Crippen molar-refractivity contribution in [3.63, 3.8) is 0 Å². The molecule has 0 fully saturated rings. The summed E-state index contributed by atoms with van der Waals surface area (Å²) in [6.45, 7) is 1.76. The predicted molar refractivity (Wildman–Crippen MR) is 85.2 cm³/mol. The van der Waals surface area contributed by atoms with Crippen LogP contribution >= 0.6 is 37.9 Å². The van der Waals surface area contributed by atoms with Crippen molar-refractivity contribution in [3.05, 3.63) is 45.5 Å². The maximum atomic E-state index is 12.0. The molecule has 0 saturated carbocycles. The Morgan fingerprint density at radius 2 is 2.10 bits per heavy atom. The molecule has 1 unspecified atom stereocenters. The van der Waals surface area contributed by atoms with E-state index in [1.807, 2.05) is 0 Å². The van der Waals surface area contributed by atoms with Crippen molar-refractivity contribution < 1.29 is 13.2 Å². The molecule has 1 amide bonds. The average Bonchev–Trinajstić information content (AvgIpc) is 2.88. The zero-order valence-corrected chi connectivity index (χ0v) is 14.7. The second-order valence-corrected chi connectivity index (χ2v) is 8.98. The Morgan fingerprint density at radius 3 is 2.62 bits per heavy atom. The van der Waals surface area contributed by atoms with Crippen LogP contribution in [0.2, 0.25) is 0 Å². The number of hydrogen-bond acceptors (Lipinski definition) is 5. The fourth-order valence-electron chi connectivity index (χ4n) is 1.55. The van der Waals surface area contributed by atoms with Gasteiger partial charge in [-0.15, -0.1) is 11.3 Å². The maximum Gasteiger partial charge on any atom is 0.270 e. The smallest absolute Gasteiger partial charge is 0.270 e. The van der Waals surface area contributed by atoms with E-state index in [2.05, 4.69) is 26.2 Å². The Labute approximate surface area is 138 Å². The number of hydrogen-bond donors (Lipinski definition) is 1. The van der Waals surface area contributed by atoms with Crippen LogP contribution in [0.4, 0.5) is 0 Å². The summed E-state index contributed by atoms with van der Waals surface area (Å²) in [5.41, 5.74) is 0.284. The van der Waals surface area contributed by atoms with Gasteiger partial charge < -0.3 is 5.32 Å². The molecular formula is C12H10BrClN2O3S2. The highest BCUT2D eigenvalue weighted by molar-refractivity contribution is 9.10. The first-order valence-electron chi connectivity index (χ1n) is 5.74. The van der Waals surface area contributed by atoms with Gasteiger partial charge in [0.2, 0.25) is 0 Å². The Bertz CT molecular complexity index is 759. The molecule has 0 aliphatic heterocycles. The van der Waals surface area contributed by atoms with Crippen LogP contribution < -0.4 is 5.32 Å². The number of rotatable bonds is 4. The molecule has 1 atom stereocenters. The summed E-state index contributed by atoms with van der Waals surface area (Å²) in [6, 6.07) is 6.01. The van der Waals surface area contributed by atoms with E-state index in [1.54, 1.807) is 25.1 Å². The lowest BCUT2D eigenvalue weighted by Crippen LogP contribution is -2.26. The molecule has 0 aliphatic carbocycles. The van der Waals surface area contributed by atoms with E-state index in [1.165, 1.54) is 12.3 Å². The van der Waals surface area contributed by atoms with E-state index in [0.717, 1.165) is 15.8 Å². The third-order valence-electron chi connectivity index (χ3n) is 2.58. The Kier molecular flexibility index (Phi) is 5.03. The summed E-state index contributed by atoms with van der Waals surface area (Å²) in [7, 11) is 1.53. The number of halogens is 2. The van der Waals surface area contributed by atoms with Gasteiger partial charge in [0.1, 0.15) is 9.90 Å². The highest BCUT2D eigenvalue weighted by Gasteiger charge is 2.18. The molecule has 0 saturated heterocycles. The third-order valence-corrected chi connectivity index (χ3v) is 6.41. The van der Waals surface area contributed by atoms with Crippen LogP contribution in [0.5, 0.6) is 0 Å². The van der Waals surface area contributed by atoms with Gasteiger partial charge in [0, 0.05) is 26.2 Å².